The van der Waals surface area contributed by atoms with Crippen molar-refractivity contribution in [1.29, 1.82) is 0 Å². The highest BCUT2D eigenvalue weighted by molar-refractivity contribution is 7.52. The van der Waals surface area contributed by atoms with Gasteiger partial charge in [-0.05, 0) is 75.5 Å². The van der Waals surface area contributed by atoms with E-state index < -0.39 is 7.75 Å². The fraction of sp³-hybridized carbons (Fsp3) is 0.647. The molecule has 0 radical (unpaired) electrons. The number of nitrogens with one attached hydrogen (secondary N) is 1. The third-order valence-electron chi connectivity index (χ3n) is 5.54. The average molecular weight is 321 g/mol. The van der Waals surface area contributed by atoms with Crippen molar-refractivity contribution in [1.82, 2.24) is 5.09 Å². The van der Waals surface area contributed by atoms with E-state index >= 15 is 0 Å². The van der Waals surface area contributed by atoms with Gasteiger partial charge in [-0.2, -0.15) is 0 Å². The van der Waals surface area contributed by atoms with Gasteiger partial charge in [0.05, 0.1) is 5.60 Å². The Bertz CT molecular complexity index is 554. The highest BCUT2D eigenvalue weighted by atomic mass is 31.2. The van der Waals surface area contributed by atoms with Crippen LogP contribution in [0.5, 0.6) is 5.75 Å². The molecule has 4 aliphatic rings. The second-order valence-corrected chi connectivity index (χ2v) is 9.12. The van der Waals surface area contributed by atoms with E-state index in [1.165, 1.54) is 19.3 Å². The van der Waals surface area contributed by atoms with Crippen LogP contribution in [0.25, 0.3) is 0 Å². The third kappa shape index (κ3) is 2.73. The number of benzene rings is 1. The van der Waals surface area contributed by atoms with Crippen molar-refractivity contribution in [3.8, 4) is 5.75 Å². The first-order valence-electron chi connectivity index (χ1n) is 8.33. The Balaban J connectivity index is 1.54. The van der Waals surface area contributed by atoms with E-state index in [-0.39, 0.29) is 5.60 Å². The van der Waals surface area contributed by atoms with Gasteiger partial charge in [-0.1, -0.05) is 18.2 Å². The molecule has 5 heteroatoms. The minimum Gasteiger partial charge on any atom is -0.413 e. The van der Waals surface area contributed by atoms with E-state index in [4.69, 9.17) is 9.05 Å². The standard InChI is InChI=1S/C17H24NO3P/c1-18-22(19,20-16-5-3-2-4-6-16)21-17-10-13-7-14(11-17)9-15(8-13)12-17/h2-6,13-15H,7-12H2,1H3,(H,18,19)/t13?,14?,15?,17?,22-/m0/s1. The van der Waals surface area contributed by atoms with Crippen molar-refractivity contribution in [2.75, 3.05) is 7.05 Å². The minimum atomic E-state index is -3.32. The monoisotopic (exact) mass is 321 g/mol. The van der Waals surface area contributed by atoms with Crippen LogP contribution in [-0.2, 0) is 9.09 Å². The fourth-order valence-corrected chi connectivity index (χ4v) is 6.48. The fourth-order valence-electron chi connectivity index (χ4n) is 5.13. The molecule has 120 valence electrons. The lowest BCUT2D eigenvalue weighted by atomic mass is 9.54. The molecule has 0 amide bonds. The number of rotatable bonds is 5. The molecule has 0 heterocycles. The molecule has 0 saturated heterocycles. The van der Waals surface area contributed by atoms with Gasteiger partial charge in [0.15, 0.2) is 0 Å². The molecule has 22 heavy (non-hydrogen) atoms. The first-order chi connectivity index (χ1) is 10.6. The molecule has 1 N–H and O–H groups in total. The van der Waals surface area contributed by atoms with Crippen LogP contribution in [0, 0.1) is 17.8 Å². The van der Waals surface area contributed by atoms with Crippen LogP contribution in [0.3, 0.4) is 0 Å². The molecule has 4 saturated carbocycles. The van der Waals surface area contributed by atoms with Crippen molar-refractivity contribution < 1.29 is 13.6 Å². The van der Waals surface area contributed by atoms with Crippen molar-refractivity contribution in [2.45, 2.75) is 44.1 Å². The topological polar surface area (TPSA) is 47.6 Å². The van der Waals surface area contributed by atoms with E-state index in [9.17, 15) is 4.57 Å². The summed E-state index contributed by atoms with van der Waals surface area (Å²) in [4.78, 5) is 0. The summed E-state index contributed by atoms with van der Waals surface area (Å²) >= 11 is 0. The van der Waals surface area contributed by atoms with Gasteiger partial charge in [0.2, 0.25) is 0 Å². The van der Waals surface area contributed by atoms with E-state index in [0.29, 0.717) is 5.75 Å². The number of hydrogen-bond donors (Lipinski definition) is 1. The van der Waals surface area contributed by atoms with Gasteiger partial charge >= 0.3 is 7.75 Å². The van der Waals surface area contributed by atoms with E-state index in [1.54, 1.807) is 7.05 Å². The first-order valence-corrected chi connectivity index (χ1v) is 9.87. The maximum atomic E-state index is 13.1. The summed E-state index contributed by atoms with van der Waals surface area (Å²) in [5.74, 6) is 2.86. The van der Waals surface area contributed by atoms with Gasteiger partial charge in [0, 0.05) is 0 Å². The van der Waals surface area contributed by atoms with Crippen molar-refractivity contribution in [3.05, 3.63) is 30.3 Å². The summed E-state index contributed by atoms with van der Waals surface area (Å²) in [6.45, 7) is 0. The lowest BCUT2D eigenvalue weighted by Gasteiger charge is -2.56. The molecule has 0 unspecified atom stereocenters. The summed E-state index contributed by atoms with van der Waals surface area (Å²) < 4.78 is 25.0. The van der Waals surface area contributed by atoms with Gasteiger partial charge in [0.1, 0.15) is 5.75 Å². The largest absolute Gasteiger partial charge is 0.458 e. The summed E-state index contributed by atoms with van der Waals surface area (Å²) in [6.07, 6.45) is 7.15. The van der Waals surface area contributed by atoms with Crippen LogP contribution in [0.2, 0.25) is 0 Å². The maximum Gasteiger partial charge on any atom is 0.458 e. The molecule has 1 aromatic rings. The molecule has 5 rings (SSSR count). The van der Waals surface area contributed by atoms with Crippen molar-refractivity contribution in [3.63, 3.8) is 0 Å². The maximum absolute atomic E-state index is 13.1. The zero-order chi connectivity index (χ0) is 15.2. The molecular weight excluding hydrogens is 297 g/mol. The van der Waals surface area contributed by atoms with Crippen LogP contribution < -0.4 is 9.61 Å². The summed E-state index contributed by atoms with van der Waals surface area (Å²) in [5.41, 5.74) is -0.234. The Morgan fingerprint density at radius 3 is 2.09 bits per heavy atom. The average Bonchev–Trinajstić information content (AvgIpc) is 2.46. The van der Waals surface area contributed by atoms with E-state index in [2.05, 4.69) is 5.09 Å². The molecule has 4 fully saturated rings. The molecule has 0 aromatic heterocycles. The third-order valence-corrected chi connectivity index (χ3v) is 7.17. The summed E-state index contributed by atoms with van der Waals surface area (Å²) in [5, 5.41) is 2.81. The summed E-state index contributed by atoms with van der Waals surface area (Å²) in [6, 6.07) is 9.29. The van der Waals surface area contributed by atoms with Gasteiger partial charge in [-0.3, -0.25) is 4.52 Å². The highest BCUT2D eigenvalue weighted by Crippen LogP contribution is 2.61. The zero-order valence-electron chi connectivity index (χ0n) is 13.0. The molecule has 4 aliphatic carbocycles. The molecule has 1 atom stereocenters. The highest BCUT2D eigenvalue weighted by Gasteiger charge is 2.54. The molecule has 0 aliphatic heterocycles. The van der Waals surface area contributed by atoms with Gasteiger partial charge < -0.3 is 4.52 Å². The minimum absolute atomic E-state index is 0.234. The van der Waals surface area contributed by atoms with Crippen LogP contribution in [0.4, 0.5) is 0 Å². The van der Waals surface area contributed by atoms with Crippen LogP contribution >= 0.6 is 7.75 Å². The quantitative estimate of drug-likeness (QED) is 0.818. The van der Waals surface area contributed by atoms with Gasteiger partial charge in [-0.15, -0.1) is 0 Å². The normalized spacial score (nSPS) is 38.7. The van der Waals surface area contributed by atoms with E-state index in [1.807, 2.05) is 30.3 Å². The molecule has 4 nitrogen and oxygen atoms in total. The second kappa shape index (κ2) is 5.36. The van der Waals surface area contributed by atoms with Gasteiger partial charge in [0.25, 0.3) is 0 Å². The predicted octanol–water partition coefficient (Wildman–Crippen LogP) is 4.38. The van der Waals surface area contributed by atoms with E-state index in [0.717, 1.165) is 37.0 Å². The Morgan fingerprint density at radius 1 is 1.05 bits per heavy atom. The van der Waals surface area contributed by atoms with Crippen LogP contribution in [-0.4, -0.2) is 12.6 Å². The van der Waals surface area contributed by atoms with Gasteiger partial charge in [-0.25, -0.2) is 9.65 Å². The zero-order valence-corrected chi connectivity index (χ0v) is 13.9. The molecule has 1 aromatic carbocycles. The molecule has 4 bridgehead atoms. The Labute approximate surface area is 132 Å². The number of hydrogen-bond acceptors (Lipinski definition) is 3. The SMILES string of the molecule is CN[P@](=O)(Oc1ccccc1)OC12CC3CC(CC(C3)C1)C2. The Kier molecular flexibility index (Phi) is 3.60. The predicted molar refractivity (Wildman–Crippen MR) is 85.7 cm³/mol. The Hall–Kier alpha value is -0.830. The molecule has 0 spiro atoms. The van der Waals surface area contributed by atoms with Crippen LogP contribution in [0.15, 0.2) is 30.3 Å². The summed E-state index contributed by atoms with van der Waals surface area (Å²) in [7, 11) is -1.66. The Morgan fingerprint density at radius 2 is 1.59 bits per heavy atom. The lowest BCUT2D eigenvalue weighted by molar-refractivity contribution is -0.111. The number of para-hydroxylation sites is 1. The van der Waals surface area contributed by atoms with Crippen molar-refractivity contribution in [2.24, 2.45) is 17.8 Å². The molecular formula is C17H24NO3P. The van der Waals surface area contributed by atoms with Crippen molar-refractivity contribution >= 4 is 7.75 Å². The first kappa shape index (κ1) is 14.7. The van der Waals surface area contributed by atoms with Crippen LogP contribution in [0.1, 0.15) is 38.5 Å². The smallest absolute Gasteiger partial charge is 0.413 e. The second-order valence-electron chi connectivity index (χ2n) is 7.32. The lowest BCUT2D eigenvalue weighted by Crippen LogP contribution is -2.52.